The van der Waals surface area contributed by atoms with Gasteiger partial charge in [0.25, 0.3) is 10.0 Å². The summed E-state index contributed by atoms with van der Waals surface area (Å²) >= 11 is 0. The topological polar surface area (TPSA) is 62.3 Å². The van der Waals surface area contributed by atoms with Crippen LogP contribution in [-0.2, 0) is 10.0 Å². The second-order valence-electron chi connectivity index (χ2n) is 7.02. The molecule has 1 aromatic heterocycles. The minimum atomic E-state index is -3.65. The minimum absolute atomic E-state index is 0.255. The Bertz CT molecular complexity index is 1060. The van der Waals surface area contributed by atoms with Gasteiger partial charge in [0.05, 0.1) is 10.6 Å². The van der Waals surface area contributed by atoms with Crippen LogP contribution in [0.25, 0.3) is 10.8 Å². The fraction of sp³-hybridized carbons (Fsp3) is 0.286. The van der Waals surface area contributed by atoms with Gasteiger partial charge in [-0.05, 0) is 56.5 Å². The number of aryl methyl sites for hydroxylation is 1. The molecule has 140 valence electrons. The predicted octanol–water partition coefficient (Wildman–Crippen LogP) is 4.33. The van der Waals surface area contributed by atoms with Gasteiger partial charge in [0, 0.05) is 41.9 Å². The molecule has 2 aromatic carbocycles. The maximum atomic E-state index is 12.8. The first kappa shape index (κ1) is 17.8. The number of anilines is 2. The van der Waals surface area contributed by atoms with Gasteiger partial charge in [-0.1, -0.05) is 17.7 Å². The van der Waals surface area contributed by atoms with Crippen molar-refractivity contribution in [2.45, 2.75) is 31.1 Å². The summed E-state index contributed by atoms with van der Waals surface area (Å²) in [6.45, 7) is 4.00. The van der Waals surface area contributed by atoms with E-state index in [9.17, 15) is 8.42 Å². The highest BCUT2D eigenvalue weighted by Gasteiger charge is 2.19. The number of pyridine rings is 1. The van der Waals surface area contributed by atoms with E-state index in [0.717, 1.165) is 35.1 Å². The van der Waals surface area contributed by atoms with E-state index in [2.05, 4.69) is 14.6 Å². The fourth-order valence-electron chi connectivity index (χ4n) is 3.59. The number of fused-ring (bicyclic) bond motifs is 1. The summed E-state index contributed by atoms with van der Waals surface area (Å²) in [5, 5.41) is 1.84. The zero-order valence-electron chi connectivity index (χ0n) is 15.4. The molecule has 3 aromatic rings. The molecule has 0 spiro atoms. The second-order valence-corrected chi connectivity index (χ2v) is 8.70. The van der Waals surface area contributed by atoms with Crippen LogP contribution in [0.5, 0.6) is 0 Å². The monoisotopic (exact) mass is 381 g/mol. The van der Waals surface area contributed by atoms with Gasteiger partial charge in [-0.25, -0.2) is 8.42 Å². The van der Waals surface area contributed by atoms with Crippen molar-refractivity contribution in [1.82, 2.24) is 4.98 Å². The van der Waals surface area contributed by atoms with Crippen molar-refractivity contribution in [3.63, 3.8) is 0 Å². The number of benzene rings is 2. The van der Waals surface area contributed by atoms with Crippen LogP contribution in [0.2, 0.25) is 0 Å². The molecular formula is C21H23N3O2S. The third-order valence-electron chi connectivity index (χ3n) is 5.07. The van der Waals surface area contributed by atoms with Crippen molar-refractivity contribution in [1.29, 1.82) is 0 Å². The summed E-state index contributed by atoms with van der Waals surface area (Å²) in [7, 11) is -3.65. The van der Waals surface area contributed by atoms with Gasteiger partial charge in [0.1, 0.15) is 0 Å². The highest BCUT2D eigenvalue weighted by atomic mass is 32.2. The van der Waals surface area contributed by atoms with E-state index in [1.165, 1.54) is 19.3 Å². The van der Waals surface area contributed by atoms with Crippen molar-refractivity contribution in [2.75, 3.05) is 22.7 Å². The Kier molecular flexibility index (Phi) is 4.74. The number of rotatable bonds is 4. The molecule has 4 rings (SSSR count). The molecule has 0 atom stereocenters. The van der Waals surface area contributed by atoms with Gasteiger partial charge in [-0.3, -0.25) is 9.71 Å². The van der Waals surface area contributed by atoms with Crippen LogP contribution in [0.4, 0.5) is 11.4 Å². The van der Waals surface area contributed by atoms with E-state index >= 15 is 0 Å². The Morgan fingerprint density at radius 1 is 0.926 bits per heavy atom. The van der Waals surface area contributed by atoms with E-state index in [4.69, 9.17) is 0 Å². The standard InChI is InChI=1S/C21H23N3O2S/c1-16-5-7-17(8-6-16)27(25,26)23-20-9-10-21(24-13-3-2-4-14-24)18-11-12-22-15-19(18)20/h5-12,15,23H,2-4,13-14H2,1H3. The summed E-state index contributed by atoms with van der Waals surface area (Å²) in [6.07, 6.45) is 7.14. The van der Waals surface area contributed by atoms with Crippen LogP contribution < -0.4 is 9.62 Å². The maximum Gasteiger partial charge on any atom is 0.261 e. The number of piperidine rings is 1. The molecule has 0 aliphatic carbocycles. The van der Waals surface area contributed by atoms with Crippen molar-refractivity contribution < 1.29 is 8.42 Å². The molecule has 0 amide bonds. The Balaban J connectivity index is 1.73. The lowest BCUT2D eigenvalue weighted by molar-refractivity contribution is 0.579. The third-order valence-corrected chi connectivity index (χ3v) is 6.45. The first-order chi connectivity index (χ1) is 13.0. The lowest BCUT2D eigenvalue weighted by Crippen LogP contribution is -2.29. The van der Waals surface area contributed by atoms with E-state index < -0.39 is 10.0 Å². The van der Waals surface area contributed by atoms with E-state index in [-0.39, 0.29) is 4.90 Å². The van der Waals surface area contributed by atoms with Crippen LogP contribution in [0.15, 0.2) is 59.8 Å². The molecule has 1 fully saturated rings. The Labute approximate surface area is 160 Å². The molecule has 2 heterocycles. The van der Waals surface area contributed by atoms with Gasteiger partial charge in [-0.15, -0.1) is 0 Å². The quantitative estimate of drug-likeness (QED) is 0.730. The Morgan fingerprint density at radius 2 is 1.67 bits per heavy atom. The zero-order valence-corrected chi connectivity index (χ0v) is 16.2. The molecule has 1 aliphatic heterocycles. The Hall–Kier alpha value is -2.60. The molecule has 1 aliphatic rings. The normalized spacial score (nSPS) is 15.1. The molecule has 1 saturated heterocycles. The zero-order chi connectivity index (χ0) is 18.9. The number of nitrogens with one attached hydrogen (secondary N) is 1. The van der Waals surface area contributed by atoms with Crippen molar-refractivity contribution in [2.24, 2.45) is 0 Å². The van der Waals surface area contributed by atoms with Gasteiger partial charge < -0.3 is 4.90 Å². The lowest BCUT2D eigenvalue weighted by Gasteiger charge is -2.30. The smallest absolute Gasteiger partial charge is 0.261 e. The first-order valence-electron chi connectivity index (χ1n) is 9.26. The van der Waals surface area contributed by atoms with Crippen molar-refractivity contribution in [3.05, 3.63) is 60.4 Å². The average molecular weight is 382 g/mol. The van der Waals surface area contributed by atoms with Gasteiger partial charge in [-0.2, -0.15) is 0 Å². The van der Waals surface area contributed by atoms with E-state index in [1.807, 2.05) is 25.1 Å². The highest BCUT2D eigenvalue weighted by Crippen LogP contribution is 2.34. The Morgan fingerprint density at radius 3 is 2.41 bits per heavy atom. The summed E-state index contributed by atoms with van der Waals surface area (Å²) < 4.78 is 28.3. The fourth-order valence-corrected chi connectivity index (χ4v) is 4.67. The number of hydrogen-bond donors (Lipinski definition) is 1. The lowest BCUT2D eigenvalue weighted by atomic mass is 10.1. The average Bonchev–Trinajstić information content (AvgIpc) is 2.69. The van der Waals surface area contributed by atoms with Crippen LogP contribution in [-0.4, -0.2) is 26.5 Å². The third kappa shape index (κ3) is 3.62. The van der Waals surface area contributed by atoms with Gasteiger partial charge in [0.15, 0.2) is 0 Å². The summed E-state index contributed by atoms with van der Waals surface area (Å²) in [6, 6.07) is 12.7. The number of hydrogen-bond acceptors (Lipinski definition) is 4. The summed E-state index contributed by atoms with van der Waals surface area (Å²) in [4.78, 5) is 6.85. The predicted molar refractivity (Wildman–Crippen MR) is 110 cm³/mol. The molecule has 0 radical (unpaired) electrons. The van der Waals surface area contributed by atoms with Crippen LogP contribution in [0.3, 0.4) is 0 Å². The van der Waals surface area contributed by atoms with Crippen LogP contribution in [0, 0.1) is 6.92 Å². The second kappa shape index (κ2) is 7.19. The minimum Gasteiger partial charge on any atom is -0.371 e. The van der Waals surface area contributed by atoms with Crippen LogP contribution >= 0.6 is 0 Å². The van der Waals surface area contributed by atoms with E-state index in [1.54, 1.807) is 36.7 Å². The maximum absolute atomic E-state index is 12.8. The molecule has 0 unspecified atom stereocenters. The van der Waals surface area contributed by atoms with Crippen molar-refractivity contribution in [3.8, 4) is 0 Å². The molecule has 5 nitrogen and oxygen atoms in total. The molecule has 1 N–H and O–H groups in total. The first-order valence-corrected chi connectivity index (χ1v) is 10.7. The molecule has 6 heteroatoms. The van der Waals surface area contributed by atoms with Crippen LogP contribution in [0.1, 0.15) is 24.8 Å². The molecule has 0 saturated carbocycles. The SMILES string of the molecule is Cc1ccc(S(=O)(=O)Nc2ccc(N3CCCCC3)c3ccncc23)cc1. The molecule has 0 bridgehead atoms. The van der Waals surface area contributed by atoms with Gasteiger partial charge >= 0.3 is 0 Å². The number of aromatic nitrogens is 1. The largest absolute Gasteiger partial charge is 0.371 e. The number of sulfonamides is 1. The van der Waals surface area contributed by atoms with E-state index in [0.29, 0.717) is 5.69 Å². The summed E-state index contributed by atoms with van der Waals surface area (Å²) in [5.74, 6) is 0. The summed E-state index contributed by atoms with van der Waals surface area (Å²) in [5.41, 5.74) is 2.72. The molecule has 27 heavy (non-hydrogen) atoms. The van der Waals surface area contributed by atoms with Crippen molar-refractivity contribution >= 4 is 32.2 Å². The van der Waals surface area contributed by atoms with Gasteiger partial charge in [0.2, 0.25) is 0 Å². The molecular weight excluding hydrogens is 358 g/mol. The highest BCUT2D eigenvalue weighted by molar-refractivity contribution is 7.92. The number of nitrogens with zero attached hydrogens (tertiary/aromatic N) is 2.